The first-order chi connectivity index (χ1) is 10.3. The van der Waals surface area contributed by atoms with Crippen LogP contribution < -0.4 is 5.32 Å². The molecular weight excluding hydrogens is 294 g/mol. The molecule has 0 aliphatic rings. The van der Waals surface area contributed by atoms with Crippen LogP contribution in [0.15, 0.2) is 42.5 Å². The highest BCUT2D eigenvalue weighted by atomic mass is 32.1. The Morgan fingerprint density at radius 1 is 1.05 bits per heavy atom. The van der Waals surface area contributed by atoms with E-state index >= 15 is 0 Å². The molecule has 1 heterocycles. The summed E-state index contributed by atoms with van der Waals surface area (Å²) in [5, 5.41) is 2.91. The normalized spacial score (nSPS) is 11.2. The van der Waals surface area contributed by atoms with Gasteiger partial charge in [-0.15, -0.1) is 11.3 Å². The monoisotopic (exact) mass is 315 g/mol. The Morgan fingerprint density at radius 2 is 1.73 bits per heavy atom. The summed E-state index contributed by atoms with van der Waals surface area (Å²) in [4.78, 5) is 25.8. The van der Waals surface area contributed by atoms with E-state index in [0.717, 1.165) is 4.88 Å². The molecule has 3 nitrogen and oxygen atoms in total. The average molecular weight is 315 g/mol. The second-order valence-electron chi connectivity index (χ2n) is 6.48. The summed E-state index contributed by atoms with van der Waals surface area (Å²) in [5.41, 5.74) is 0.668. The van der Waals surface area contributed by atoms with Crippen LogP contribution >= 0.6 is 11.3 Å². The molecule has 0 spiro atoms. The zero-order valence-electron chi connectivity index (χ0n) is 13.2. The van der Waals surface area contributed by atoms with Crippen LogP contribution in [0.2, 0.25) is 0 Å². The van der Waals surface area contributed by atoms with E-state index in [4.69, 9.17) is 0 Å². The van der Waals surface area contributed by atoms with E-state index in [1.165, 1.54) is 11.3 Å². The molecule has 0 unspecified atom stereocenters. The maximum absolute atomic E-state index is 12.3. The highest BCUT2D eigenvalue weighted by Crippen LogP contribution is 2.21. The van der Waals surface area contributed by atoms with Crippen molar-refractivity contribution < 1.29 is 9.59 Å². The number of hydrogen-bond donors (Lipinski definition) is 1. The van der Waals surface area contributed by atoms with Gasteiger partial charge in [0.15, 0.2) is 0 Å². The number of carbonyl (C=O) groups is 2. The van der Waals surface area contributed by atoms with Gasteiger partial charge < -0.3 is 5.32 Å². The standard InChI is InChI=1S/C18H21NO2S/c1-18(2,3)11-16(20)19-12-14-9-10-15(22-14)17(21)13-7-5-4-6-8-13/h4-10H,11-12H2,1-3H3,(H,19,20). The number of carbonyl (C=O) groups excluding carboxylic acids is 2. The summed E-state index contributed by atoms with van der Waals surface area (Å²) >= 11 is 1.43. The Bertz CT molecular complexity index is 653. The fourth-order valence-corrected chi connectivity index (χ4v) is 2.97. The van der Waals surface area contributed by atoms with Gasteiger partial charge in [0.25, 0.3) is 0 Å². The fraction of sp³-hybridized carbons (Fsp3) is 0.333. The molecule has 2 aromatic rings. The molecule has 1 amide bonds. The Kier molecular flexibility index (Phi) is 5.14. The molecule has 116 valence electrons. The van der Waals surface area contributed by atoms with Crippen molar-refractivity contribution in [1.29, 1.82) is 0 Å². The predicted molar refractivity (Wildman–Crippen MR) is 90.1 cm³/mol. The van der Waals surface area contributed by atoms with E-state index in [1.807, 2.05) is 63.2 Å². The predicted octanol–water partition coefficient (Wildman–Crippen LogP) is 4.03. The van der Waals surface area contributed by atoms with E-state index in [0.29, 0.717) is 23.4 Å². The molecule has 0 radical (unpaired) electrons. The number of benzene rings is 1. The largest absolute Gasteiger partial charge is 0.351 e. The van der Waals surface area contributed by atoms with Gasteiger partial charge in [-0.2, -0.15) is 0 Å². The molecule has 0 saturated carbocycles. The van der Waals surface area contributed by atoms with Crippen molar-refractivity contribution >= 4 is 23.0 Å². The van der Waals surface area contributed by atoms with Gasteiger partial charge in [0.05, 0.1) is 11.4 Å². The average Bonchev–Trinajstić information content (AvgIpc) is 2.92. The lowest BCUT2D eigenvalue weighted by molar-refractivity contribution is -0.122. The van der Waals surface area contributed by atoms with Crippen molar-refractivity contribution in [2.45, 2.75) is 33.7 Å². The molecule has 22 heavy (non-hydrogen) atoms. The van der Waals surface area contributed by atoms with Gasteiger partial charge in [-0.05, 0) is 17.5 Å². The second-order valence-corrected chi connectivity index (χ2v) is 7.64. The molecule has 2 rings (SSSR count). The first kappa shape index (κ1) is 16.4. The zero-order chi connectivity index (χ0) is 16.2. The smallest absolute Gasteiger partial charge is 0.220 e. The van der Waals surface area contributed by atoms with E-state index in [1.54, 1.807) is 0 Å². The number of ketones is 1. The number of thiophene rings is 1. The molecule has 0 saturated heterocycles. The van der Waals surface area contributed by atoms with Crippen molar-refractivity contribution in [3.05, 3.63) is 57.8 Å². The molecule has 0 fully saturated rings. The topological polar surface area (TPSA) is 46.2 Å². The lowest BCUT2D eigenvalue weighted by Crippen LogP contribution is -2.26. The third-order valence-electron chi connectivity index (χ3n) is 3.07. The van der Waals surface area contributed by atoms with Crippen LogP contribution in [-0.4, -0.2) is 11.7 Å². The third kappa shape index (κ3) is 4.81. The zero-order valence-corrected chi connectivity index (χ0v) is 14.0. The Morgan fingerprint density at radius 3 is 2.36 bits per heavy atom. The molecular formula is C18H21NO2S. The van der Waals surface area contributed by atoms with Crippen molar-refractivity contribution in [2.24, 2.45) is 5.41 Å². The number of nitrogens with one attached hydrogen (secondary N) is 1. The van der Waals surface area contributed by atoms with Gasteiger partial charge >= 0.3 is 0 Å². The van der Waals surface area contributed by atoms with Crippen LogP contribution in [0.3, 0.4) is 0 Å². The van der Waals surface area contributed by atoms with Crippen molar-refractivity contribution in [3.8, 4) is 0 Å². The maximum Gasteiger partial charge on any atom is 0.220 e. The van der Waals surface area contributed by atoms with E-state index in [2.05, 4.69) is 5.32 Å². The molecule has 0 bridgehead atoms. The van der Waals surface area contributed by atoms with Crippen LogP contribution in [-0.2, 0) is 11.3 Å². The lowest BCUT2D eigenvalue weighted by Gasteiger charge is -2.16. The molecule has 4 heteroatoms. The minimum absolute atomic E-state index is 0.0199. The minimum atomic E-state index is -0.0199. The van der Waals surface area contributed by atoms with Crippen LogP contribution in [0.1, 0.15) is 47.3 Å². The summed E-state index contributed by atoms with van der Waals surface area (Å²) in [6, 6.07) is 13.0. The quantitative estimate of drug-likeness (QED) is 0.847. The Labute approximate surface area is 135 Å². The van der Waals surface area contributed by atoms with Crippen molar-refractivity contribution in [2.75, 3.05) is 0 Å². The van der Waals surface area contributed by atoms with Crippen molar-refractivity contribution in [1.82, 2.24) is 5.32 Å². The van der Waals surface area contributed by atoms with Gasteiger partial charge in [-0.3, -0.25) is 9.59 Å². The van der Waals surface area contributed by atoms with Crippen molar-refractivity contribution in [3.63, 3.8) is 0 Å². The highest BCUT2D eigenvalue weighted by Gasteiger charge is 2.16. The van der Waals surface area contributed by atoms with E-state index in [-0.39, 0.29) is 17.1 Å². The van der Waals surface area contributed by atoms with Crippen LogP contribution in [0.4, 0.5) is 0 Å². The molecule has 0 aliphatic carbocycles. The van der Waals surface area contributed by atoms with E-state index < -0.39 is 0 Å². The SMILES string of the molecule is CC(C)(C)CC(=O)NCc1ccc(C(=O)c2ccccc2)s1. The Hall–Kier alpha value is -1.94. The van der Waals surface area contributed by atoms with Gasteiger partial charge in [0.1, 0.15) is 0 Å². The molecule has 0 atom stereocenters. The number of hydrogen-bond acceptors (Lipinski definition) is 3. The molecule has 1 aromatic heterocycles. The van der Waals surface area contributed by atoms with Crippen LogP contribution in [0, 0.1) is 5.41 Å². The van der Waals surface area contributed by atoms with Crippen LogP contribution in [0.5, 0.6) is 0 Å². The summed E-state index contributed by atoms with van der Waals surface area (Å²) in [6.45, 7) is 6.58. The van der Waals surface area contributed by atoms with Gasteiger partial charge in [0, 0.05) is 16.9 Å². The highest BCUT2D eigenvalue weighted by molar-refractivity contribution is 7.14. The molecule has 1 N–H and O–H groups in total. The summed E-state index contributed by atoms with van der Waals surface area (Å²) in [7, 11) is 0. The Balaban J connectivity index is 1.95. The van der Waals surface area contributed by atoms with E-state index in [9.17, 15) is 9.59 Å². The van der Waals surface area contributed by atoms with Gasteiger partial charge in [-0.25, -0.2) is 0 Å². The molecule has 1 aromatic carbocycles. The third-order valence-corrected chi connectivity index (χ3v) is 4.16. The number of amides is 1. The second kappa shape index (κ2) is 6.88. The fourth-order valence-electron chi connectivity index (χ4n) is 2.06. The molecule has 0 aliphatic heterocycles. The number of rotatable bonds is 5. The lowest BCUT2D eigenvalue weighted by atomic mass is 9.92. The maximum atomic E-state index is 12.3. The van der Waals surface area contributed by atoms with Crippen LogP contribution in [0.25, 0.3) is 0 Å². The summed E-state index contributed by atoms with van der Waals surface area (Å²) in [5.74, 6) is 0.0645. The first-order valence-electron chi connectivity index (χ1n) is 7.30. The first-order valence-corrected chi connectivity index (χ1v) is 8.12. The summed E-state index contributed by atoms with van der Waals surface area (Å²) in [6.07, 6.45) is 0.494. The summed E-state index contributed by atoms with van der Waals surface area (Å²) < 4.78 is 0. The van der Waals surface area contributed by atoms with Gasteiger partial charge in [0.2, 0.25) is 11.7 Å². The minimum Gasteiger partial charge on any atom is -0.351 e. The van der Waals surface area contributed by atoms with Gasteiger partial charge in [-0.1, -0.05) is 51.1 Å².